The van der Waals surface area contributed by atoms with Gasteiger partial charge in [-0.15, -0.1) is 0 Å². The number of benzene rings is 2. The van der Waals surface area contributed by atoms with E-state index in [1.54, 1.807) is 30.3 Å². The van der Waals surface area contributed by atoms with Gasteiger partial charge in [0.15, 0.2) is 5.16 Å². The van der Waals surface area contributed by atoms with Crippen LogP contribution in [0.1, 0.15) is 24.1 Å². The number of aryl methyl sites for hydroxylation is 1. The molecule has 0 aliphatic heterocycles. The number of hydrogen-bond acceptors (Lipinski definition) is 4. The summed E-state index contributed by atoms with van der Waals surface area (Å²) in [5.41, 5.74) is 1.64. The Kier molecular flexibility index (Phi) is 7.10. The van der Waals surface area contributed by atoms with Crippen molar-refractivity contribution in [3.8, 4) is 11.3 Å². The van der Waals surface area contributed by atoms with Gasteiger partial charge in [0.2, 0.25) is 5.91 Å². The molecular formula is C22H20F3N3OS. The molecule has 8 heteroatoms. The van der Waals surface area contributed by atoms with E-state index in [0.29, 0.717) is 23.4 Å². The Balaban J connectivity index is 1.60. The molecule has 156 valence electrons. The summed E-state index contributed by atoms with van der Waals surface area (Å²) in [6.45, 7) is 1.96. The van der Waals surface area contributed by atoms with E-state index in [-0.39, 0.29) is 23.2 Å². The number of nitrogens with zero attached hydrogens (tertiary/aromatic N) is 2. The van der Waals surface area contributed by atoms with Crippen molar-refractivity contribution in [3.05, 3.63) is 71.9 Å². The number of carbonyl (C=O) groups is 1. The first-order valence-electron chi connectivity index (χ1n) is 9.32. The summed E-state index contributed by atoms with van der Waals surface area (Å²) in [4.78, 5) is 19.9. The van der Waals surface area contributed by atoms with Crippen LogP contribution >= 0.6 is 11.8 Å². The lowest BCUT2D eigenvalue weighted by Gasteiger charge is -2.10. The molecule has 0 aliphatic rings. The maximum Gasteiger partial charge on any atom is 0.433 e. The molecule has 0 bridgehead atoms. The van der Waals surface area contributed by atoms with E-state index in [0.717, 1.165) is 23.4 Å². The van der Waals surface area contributed by atoms with Crippen LogP contribution < -0.4 is 5.32 Å². The molecule has 0 radical (unpaired) electrons. The third kappa shape index (κ3) is 6.32. The fourth-order valence-corrected chi connectivity index (χ4v) is 3.45. The van der Waals surface area contributed by atoms with E-state index in [1.165, 1.54) is 0 Å². The van der Waals surface area contributed by atoms with Gasteiger partial charge in [-0.25, -0.2) is 9.97 Å². The topological polar surface area (TPSA) is 54.9 Å². The number of alkyl halides is 3. The van der Waals surface area contributed by atoms with Crippen molar-refractivity contribution in [3.63, 3.8) is 0 Å². The standard InChI is InChI=1S/C22H20F3N3OS/c1-15-9-11-17(12-10-15)26-20(29)8-5-13-30-21-27-18(16-6-3-2-4-7-16)14-19(28-21)22(23,24)25/h2-4,6-7,9-12,14H,5,8,13H2,1H3,(H,26,29). The molecule has 1 amide bonds. The molecule has 3 aromatic rings. The first-order valence-corrected chi connectivity index (χ1v) is 10.3. The maximum absolute atomic E-state index is 13.2. The zero-order chi connectivity index (χ0) is 21.6. The molecule has 1 aromatic heterocycles. The van der Waals surface area contributed by atoms with Crippen molar-refractivity contribution < 1.29 is 18.0 Å². The van der Waals surface area contributed by atoms with Crippen molar-refractivity contribution in [1.29, 1.82) is 0 Å². The number of carbonyl (C=O) groups excluding carboxylic acids is 1. The summed E-state index contributed by atoms with van der Waals surface area (Å²) >= 11 is 1.11. The monoisotopic (exact) mass is 431 g/mol. The fraction of sp³-hybridized carbons (Fsp3) is 0.227. The van der Waals surface area contributed by atoms with Crippen molar-refractivity contribution in [1.82, 2.24) is 9.97 Å². The Morgan fingerprint density at radius 2 is 1.73 bits per heavy atom. The predicted molar refractivity (Wildman–Crippen MR) is 112 cm³/mol. The van der Waals surface area contributed by atoms with Crippen molar-refractivity contribution in [2.24, 2.45) is 0 Å². The van der Waals surface area contributed by atoms with Crippen LogP contribution in [0.3, 0.4) is 0 Å². The van der Waals surface area contributed by atoms with Gasteiger partial charge in [0, 0.05) is 23.4 Å². The largest absolute Gasteiger partial charge is 0.433 e. The molecule has 0 saturated heterocycles. The second-order valence-corrected chi connectivity index (χ2v) is 7.71. The lowest BCUT2D eigenvalue weighted by atomic mass is 10.1. The van der Waals surface area contributed by atoms with Crippen LogP contribution in [0.5, 0.6) is 0 Å². The number of amides is 1. The second-order valence-electron chi connectivity index (χ2n) is 6.65. The first-order chi connectivity index (χ1) is 14.3. The van der Waals surface area contributed by atoms with Gasteiger partial charge in [0.1, 0.15) is 5.69 Å². The highest BCUT2D eigenvalue weighted by atomic mass is 32.2. The molecule has 3 rings (SSSR count). The van der Waals surface area contributed by atoms with Gasteiger partial charge < -0.3 is 5.32 Å². The van der Waals surface area contributed by atoms with Gasteiger partial charge in [0.05, 0.1) is 5.69 Å². The molecule has 0 unspecified atom stereocenters. The van der Waals surface area contributed by atoms with Gasteiger partial charge in [0.25, 0.3) is 0 Å². The lowest BCUT2D eigenvalue weighted by molar-refractivity contribution is -0.141. The van der Waals surface area contributed by atoms with Crippen LogP contribution in [-0.4, -0.2) is 21.6 Å². The van der Waals surface area contributed by atoms with Crippen LogP contribution in [0.15, 0.2) is 65.8 Å². The van der Waals surface area contributed by atoms with Gasteiger partial charge in [-0.3, -0.25) is 4.79 Å². The minimum Gasteiger partial charge on any atom is -0.326 e. The number of thioether (sulfide) groups is 1. The van der Waals surface area contributed by atoms with E-state index in [9.17, 15) is 18.0 Å². The van der Waals surface area contributed by atoms with E-state index >= 15 is 0 Å². The quantitative estimate of drug-likeness (QED) is 0.284. The van der Waals surface area contributed by atoms with Crippen LogP contribution in [0.25, 0.3) is 11.3 Å². The number of nitrogens with one attached hydrogen (secondary N) is 1. The summed E-state index contributed by atoms with van der Waals surface area (Å²) in [5, 5.41) is 2.84. The minimum absolute atomic E-state index is 0.0441. The van der Waals surface area contributed by atoms with Gasteiger partial charge in [-0.05, 0) is 31.5 Å². The molecule has 0 aliphatic carbocycles. The second kappa shape index (κ2) is 9.75. The van der Waals surface area contributed by atoms with Gasteiger partial charge in [-0.2, -0.15) is 13.2 Å². The SMILES string of the molecule is Cc1ccc(NC(=O)CCCSc2nc(-c3ccccc3)cc(C(F)(F)F)n2)cc1. The lowest BCUT2D eigenvalue weighted by Crippen LogP contribution is -2.12. The molecule has 1 heterocycles. The normalized spacial score (nSPS) is 11.3. The van der Waals surface area contributed by atoms with Crippen molar-refractivity contribution in [2.75, 3.05) is 11.1 Å². The minimum atomic E-state index is -4.56. The zero-order valence-electron chi connectivity index (χ0n) is 16.2. The van der Waals surface area contributed by atoms with Gasteiger partial charge >= 0.3 is 6.18 Å². The highest BCUT2D eigenvalue weighted by Crippen LogP contribution is 2.32. The Hall–Kier alpha value is -2.87. The molecular weight excluding hydrogens is 411 g/mol. The molecule has 30 heavy (non-hydrogen) atoms. The molecule has 0 atom stereocenters. The van der Waals surface area contributed by atoms with Crippen LogP contribution in [-0.2, 0) is 11.0 Å². The number of hydrogen-bond donors (Lipinski definition) is 1. The maximum atomic E-state index is 13.2. The molecule has 0 fully saturated rings. The Labute approximate surface area is 177 Å². The van der Waals surface area contributed by atoms with E-state index in [1.807, 2.05) is 31.2 Å². The zero-order valence-corrected chi connectivity index (χ0v) is 17.1. The Morgan fingerprint density at radius 1 is 1.03 bits per heavy atom. The van der Waals surface area contributed by atoms with E-state index in [2.05, 4.69) is 15.3 Å². The highest BCUT2D eigenvalue weighted by Gasteiger charge is 2.33. The predicted octanol–water partition coefficient (Wildman–Crippen LogP) is 5.98. The van der Waals surface area contributed by atoms with Crippen LogP contribution in [0.4, 0.5) is 18.9 Å². The molecule has 4 nitrogen and oxygen atoms in total. The Bertz CT molecular complexity index is 993. The average Bonchev–Trinajstić information content (AvgIpc) is 2.73. The first kappa shape index (κ1) is 21.8. The summed E-state index contributed by atoms with van der Waals surface area (Å²) in [6, 6.07) is 17.1. The van der Waals surface area contributed by atoms with Crippen molar-refractivity contribution in [2.45, 2.75) is 31.1 Å². The number of aromatic nitrogens is 2. The highest BCUT2D eigenvalue weighted by molar-refractivity contribution is 7.99. The van der Waals surface area contributed by atoms with E-state index < -0.39 is 11.9 Å². The summed E-state index contributed by atoms with van der Waals surface area (Å²) in [6.07, 6.45) is -3.82. The third-order valence-corrected chi connectivity index (χ3v) is 5.11. The molecule has 2 aromatic carbocycles. The van der Waals surface area contributed by atoms with Crippen LogP contribution in [0, 0.1) is 6.92 Å². The number of anilines is 1. The fourth-order valence-electron chi connectivity index (χ4n) is 2.65. The number of rotatable bonds is 7. The summed E-state index contributed by atoms with van der Waals surface area (Å²) < 4.78 is 39.7. The Morgan fingerprint density at radius 3 is 2.40 bits per heavy atom. The molecule has 0 saturated carbocycles. The average molecular weight is 431 g/mol. The van der Waals surface area contributed by atoms with Crippen LogP contribution in [0.2, 0.25) is 0 Å². The molecule has 1 N–H and O–H groups in total. The van der Waals surface area contributed by atoms with Gasteiger partial charge in [-0.1, -0.05) is 59.8 Å². The molecule has 0 spiro atoms. The summed E-state index contributed by atoms with van der Waals surface area (Å²) in [5.74, 6) is 0.283. The third-order valence-electron chi connectivity index (χ3n) is 4.18. The summed E-state index contributed by atoms with van der Waals surface area (Å²) in [7, 11) is 0. The number of halogens is 3. The van der Waals surface area contributed by atoms with E-state index in [4.69, 9.17) is 0 Å². The smallest absolute Gasteiger partial charge is 0.326 e. The van der Waals surface area contributed by atoms with Crippen molar-refractivity contribution >= 4 is 23.4 Å².